The Labute approximate surface area is 132 Å². The largest absolute Gasteiger partial charge is 0.493 e. The van der Waals surface area contributed by atoms with Crippen LogP contribution in [0.25, 0.3) is 0 Å². The summed E-state index contributed by atoms with van der Waals surface area (Å²) in [5, 5.41) is 3.55. The van der Waals surface area contributed by atoms with Crippen LogP contribution in [0.15, 0.2) is 18.2 Å². The SMILES string of the molecule is CCNC1CC(C)(C)Oc2cc(OCCCSC)ccc21. The fraction of sp³-hybridized carbons (Fsp3) is 0.647. The van der Waals surface area contributed by atoms with Crippen LogP contribution < -0.4 is 14.8 Å². The third kappa shape index (κ3) is 4.55. The Bertz CT molecular complexity index is 462. The molecular formula is C17H27NO2S. The van der Waals surface area contributed by atoms with Gasteiger partial charge in [-0.2, -0.15) is 11.8 Å². The fourth-order valence-corrected chi connectivity index (χ4v) is 3.15. The number of hydrogen-bond acceptors (Lipinski definition) is 4. The maximum absolute atomic E-state index is 6.14. The second-order valence-electron chi connectivity index (χ2n) is 6.07. The summed E-state index contributed by atoms with van der Waals surface area (Å²) in [5.74, 6) is 3.00. The highest BCUT2D eigenvalue weighted by Gasteiger charge is 2.33. The van der Waals surface area contributed by atoms with Crippen LogP contribution in [0.5, 0.6) is 11.5 Å². The highest BCUT2D eigenvalue weighted by Crippen LogP contribution is 2.41. The van der Waals surface area contributed by atoms with Gasteiger partial charge in [0.2, 0.25) is 0 Å². The number of nitrogens with one attached hydrogen (secondary N) is 1. The molecule has 1 N–H and O–H groups in total. The zero-order valence-corrected chi connectivity index (χ0v) is 14.4. The number of rotatable bonds is 7. The first-order chi connectivity index (χ1) is 10.1. The summed E-state index contributed by atoms with van der Waals surface area (Å²) in [6, 6.07) is 6.60. The van der Waals surface area contributed by atoms with E-state index in [-0.39, 0.29) is 5.60 Å². The number of ether oxygens (including phenoxy) is 2. The van der Waals surface area contributed by atoms with Crippen molar-refractivity contribution < 1.29 is 9.47 Å². The van der Waals surface area contributed by atoms with Gasteiger partial charge in [0.25, 0.3) is 0 Å². The lowest BCUT2D eigenvalue weighted by atomic mass is 9.89. The summed E-state index contributed by atoms with van der Waals surface area (Å²) < 4.78 is 12.0. The minimum Gasteiger partial charge on any atom is -0.493 e. The minimum absolute atomic E-state index is 0.142. The van der Waals surface area contributed by atoms with Crippen LogP contribution >= 0.6 is 11.8 Å². The molecule has 0 spiro atoms. The Morgan fingerprint density at radius 1 is 1.43 bits per heavy atom. The molecule has 0 radical (unpaired) electrons. The molecule has 118 valence electrons. The van der Waals surface area contributed by atoms with Crippen LogP contribution in [-0.2, 0) is 0 Å². The molecule has 1 aliphatic rings. The molecule has 1 aromatic carbocycles. The molecule has 4 heteroatoms. The van der Waals surface area contributed by atoms with E-state index >= 15 is 0 Å². The molecular weight excluding hydrogens is 282 g/mol. The van der Waals surface area contributed by atoms with Crippen molar-refractivity contribution in [1.29, 1.82) is 0 Å². The molecule has 1 atom stereocenters. The van der Waals surface area contributed by atoms with E-state index in [1.807, 2.05) is 17.8 Å². The van der Waals surface area contributed by atoms with Crippen molar-refractivity contribution in [2.45, 2.75) is 45.3 Å². The summed E-state index contributed by atoms with van der Waals surface area (Å²) in [6.45, 7) is 8.16. The van der Waals surface area contributed by atoms with Crippen LogP contribution in [0, 0.1) is 0 Å². The predicted octanol–water partition coefficient (Wildman–Crippen LogP) is 4.03. The highest BCUT2D eigenvalue weighted by atomic mass is 32.2. The van der Waals surface area contributed by atoms with Gasteiger partial charge in [0.1, 0.15) is 17.1 Å². The summed E-state index contributed by atoms with van der Waals surface area (Å²) in [4.78, 5) is 0. The van der Waals surface area contributed by atoms with Crippen molar-refractivity contribution >= 4 is 11.8 Å². The quantitative estimate of drug-likeness (QED) is 0.770. The molecule has 0 aliphatic carbocycles. The maximum Gasteiger partial charge on any atom is 0.128 e. The van der Waals surface area contributed by atoms with Crippen LogP contribution in [0.1, 0.15) is 45.2 Å². The monoisotopic (exact) mass is 309 g/mol. The third-order valence-electron chi connectivity index (χ3n) is 3.65. The van der Waals surface area contributed by atoms with Gasteiger partial charge in [-0.25, -0.2) is 0 Å². The Hall–Kier alpha value is -0.870. The smallest absolute Gasteiger partial charge is 0.128 e. The third-order valence-corrected chi connectivity index (χ3v) is 4.35. The molecule has 0 bridgehead atoms. The maximum atomic E-state index is 6.14. The van der Waals surface area contributed by atoms with Crippen LogP contribution in [-0.4, -0.2) is 30.8 Å². The molecule has 0 fully saturated rings. The van der Waals surface area contributed by atoms with Crippen LogP contribution in [0.4, 0.5) is 0 Å². The van der Waals surface area contributed by atoms with E-state index in [4.69, 9.17) is 9.47 Å². The second-order valence-corrected chi connectivity index (χ2v) is 7.06. The lowest BCUT2D eigenvalue weighted by molar-refractivity contribution is 0.0660. The van der Waals surface area contributed by atoms with E-state index in [0.717, 1.165) is 43.2 Å². The van der Waals surface area contributed by atoms with Gasteiger partial charge in [0.05, 0.1) is 6.61 Å². The van der Waals surface area contributed by atoms with Crippen molar-refractivity contribution in [3.05, 3.63) is 23.8 Å². The normalized spacial score (nSPS) is 19.7. The van der Waals surface area contributed by atoms with Gasteiger partial charge in [-0.1, -0.05) is 13.0 Å². The van der Waals surface area contributed by atoms with Gasteiger partial charge in [0.15, 0.2) is 0 Å². The van der Waals surface area contributed by atoms with E-state index in [0.29, 0.717) is 6.04 Å². The van der Waals surface area contributed by atoms with Gasteiger partial charge in [-0.15, -0.1) is 0 Å². The Kier molecular flexibility index (Phi) is 5.82. The molecule has 3 nitrogen and oxygen atoms in total. The van der Waals surface area contributed by atoms with E-state index in [9.17, 15) is 0 Å². The Morgan fingerprint density at radius 3 is 2.95 bits per heavy atom. The molecule has 0 saturated heterocycles. The summed E-state index contributed by atoms with van der Waals surface area (Å²) in [5.41, 5.74) is 1.10. The van der Waals surface area contributed by atoms with Crippen molar-refractivity contribution in [3.8, 4) is 11.5 Å². The minimum atomic E-state index is -0.142. The van der Waals surface area contributed by atoms with Gasteiger partial charge < -0.3 is 14.8 Å². The molecule has 1 unspecified atom stereocenters. The first-order valence-electron chi connectivity index (χ1n) is 7.74. The van der Waals surface area contributed by atoms with Crippen LogP contribution in [0.3, 0.4) is 0 Å². The lowest BCUT2D eigenvalue weighted by Crippen LogP contribution is -2.39. The molecule has 0 saturated carbocycles. The van der Waals surface area contributed by atoms with E-state index in [1.54, 1.807) is 0 Å². The van der Waals surface area contributed by atoms with Gasteiger partial charge in [0, 0.05) is 24.1 Å². The highest BCUT2D eigenvalue weighted by molar-refractivity contribution is 7.98. The molecule has 1 aliphatic heterocycles. The number of hydrogen-bond donors (Lipinski definition) is 1. The Morgan fingerprint density at radius 2 is 2.24 bits per heavy atom. The molecule has 1 aromatic rings. The van der Waals surface area contributed by atoms with Gasteiger partial charge in [-0.05, 0) is 44.9 Å². The van der Waals surface area contributed by atoms with Crippen molar-refractivity contribution in [1.82, 2.24) is 5.32 Å². The number of fused-ring (bicyclic) bond motifs is 1. The predicted molar refractivity (Wildman–Crippen MR) is 90.7 cm³/mol. The number of thioether (sulfide) groups is 1. The topological polar surface area (TPSA) is 30.5 Å². The molecule has 0 amide bonds. The van der Waals surface area contributed by atoms with E-state index in [2.05, 4.69) is 44.5 Å². The zero-order valence-electron chi connectivity index (χ0n) is 13.6. The average molecular weight is 309 g/mol. The summed E-state index contributed by atoms with van der Waals surface area (Å²) >= 11 is 1.85. The zero-order chi connectivity index (χ0) is 15.3. The van der Waals surface area contributed by atoms with Crippen molar-refractivity contribution in [2.75, 3.05) is 25.2 Å². The van der Waals surface area contributed by atoms with Gasteiger partial charge >= 0.3 is 0 Å². The van der Waals surface area contributed by atoms with Crippen molar-refractivity contribution in [2.24, 2.45) is 0 Å². The average Bonchev–Trinajstić information content (AvgIpc) is 2.42. The lowest BCUT2D eigenvalue weighted by Gasteiger charge is -2.38. The Balaban J connectivity index is 2.10. The van der Waals surface area contributed by atoms with E-state index < -0.39 is 0 Å². The van der Waals surface area contributed by atoms with Crippen LogP contribution in [0.2, 0.25) is 0 Å². The standard InChI is InChI=1S/C17H27NO2S/c1-5-18-15-12-17(2,3)20-16-11-13(7-8-14(15)16)19-9-6-10-21-4/h7-8,11,15,18H,5-6,9-10,12H2,1-4H3. The second kappa shape index (κ2) is 7.41. The molecule has 1 heterocycles. The first-order valence-corrected chi connectivity index (χ1v) is 9.13. The summed E-state index contributed by atoms with van der Waals surface area (Å²) in [6.07, 6.45) is 4.18. The van der Waals surface area contributed by atoms with E-state index in [1.165, 1.54) is 5.56 Å². The summed E-state index contributed by atoms with van der Waals surface area (Å²) in [7, 11) is 0. The molecule has 21 heavy (non-hydrogen) atoms. The first kappa shape index (κ1) is 16.5. The number of benzene rings is 1. The molecule has 2 rings (SSSR count). The molecule has 0 aromatic heterocycles. The fourth-order valence-electron chi connectivity index (χ4n) is 2.74. The van der Waals surface area contributed by atoms with Gasteiger partial charge in [-0.3, -0.25) is 0 Å². The van der Waals surface area contributed by atoms with Crippen molar-refractivity contribution in [3.63, 3.8) is 0 Å².